The quantitative estimate of drug-likeness (QED) is 0.426. The maximum absolute atomic E-state index is 2.44. The Labute approximate surface area is 167 Å². The lowest BCUT2D eigenvalue weighted by molar-refractivity contribution is 0.301. The molecule has 0 aliphatic heterocycles. The van der Waals surface area contributed by atoms with Gasteiger partial charge in [0, 0.05) is 0 Å². The third-order valence-electron chi connectivity index (χ3n) is 6.16. The van der Waals surface area contributed by atoms with Gasteiger partial charge in [0.05, 0.1) is 0 Å². The Bertz CT molecular complexity index is 728. The highest BCUT2D eigenvalue weighted by Gasteiger charge is 2.22. The lowest BCUT2D eigenvalue weighted by Gasteiger charge is -2.29. The minimum atomic E-state index is 0.381. The Morgan fingerprint density at radius 1 is 0.778 bits per heavy atom. The van der Waals surface area contributed by atoms with E-state index in [-0.39, 0.29) is 0 Å². The van der Waals surface area contributed by atoms with Crippen molar-refractivity contribution in [1.29, 1.82) is 0 Å². The van der Waals surface area contributed by atoms with Gasteiger partial charge in [-0.05, 0) is 90.0 Å². The molecule has 0 spiro atoms. The molecule has 1 atom stereocenters. The predicted molar refractivity (Wildman–Crippen MR) is 119 cm³/mol. The molecule has 0 bridgehead atoms. The van der Waals surface area contributed by atoms with Gasteiger partial charge in [-0.15, -0.1) is 0 Å². The molecule has 0 heterocycles. The summed E-state index contributed by atoms with van der Waals surface area (Å²) in [5.74, 6) is 1.35. The molecule has 0 heteroatoms. The second-order valence-corrected chi connectivity index (χ2v) is 10.2. The molecule has 27 heavy (non-hydrogen) atoms. The standard InChI is InChI=1S/C27H38/c1-20(2)26(19-27(3,4)5)24-14-10-21(11-15-24)8-6-7-9-22-12-13-23-16-17-25(23)18-22/h10-15,18,20,26H,6-9,16-17,19H2,1-5H3. The van der Waals surface area contributed by atoms with Crippen molar-refractivity contribution in [3.63, 3.8) is 0 Å². The minimum absolute atomic E-state index is 0.381. The van der Waals surface area contributed by atoms with Crippen LogP contribution in [0, 0.1) is 11.3 Å². The van der Waals surface area contributed by atoms with E-state index in [2.05, 4.69) is 77.1 Å². The number of hydrogen-bond donors (Lipinski definition) is 0. The summed E-state index contributed by atoms with van der Waals surface area (Å²) in [5, 5.41) is 0. The van der Waals surface area contributed by atoms with Gasteiger partial charge >= 0.3 is 0 Å². The number of unbranched alkanes of at least 4 members (excludes halogenated alkanes) is 1. The van der Waals surface area contributed by atoms with Gasteiger partial charge in [0.15, 0.2) is 0 Å². The van der Waals surface area contributed by atoms with Crippen LogP contribution in [0.1, 0.15) is 87.6 Å². The second-order valence-electron chi connectivity index (χ2n) is 10.2. The monoisotopic (exact) mass is 362 g/mol. The van der Waals surface area contributed by atoms with Gasteiger partial charge in [0.25, 0.3) is 0 Å². The number of benzene rings is 2. The van der Waals surface area contributed by atoms with Crippen molar-refractivity contribution in [3.8, 4) is 0 Å². The number of fused-ring (bicyclic) bond motifs is 1. The van der Waals surface area contributed by atoms with Crippen molar-refractivity contribution in [2.45, 2.75) is 85.5 Å². The summed E-state index contributed by atoms with van der Waals surface area (Å²) in [4.78, 5) is 0. The van der Waals surface area contributed by atoms with Crippen LogP contribution < -0.4 is 0 Å². The van der Waals surface area contributed by atoms with Crippen molar-refractivity contribution < 1.29 is 0 Å². The Morgan fingerprint density at radius 2 is 1.37 bits per heavy atom. The first-order valence-corrected chi connectivity index (χ1v) is 11.0. The first kappa shape index (κ1) is 20.2. The molecule has 0 amide bonds. The molecule has 0 N–H and O–H groups in total. The van der Waals surface area contributed by atoms with E-state index < -0.39 is 0 Å². The first-order valence-electron chi connectivity index (χ1n) is 11.0. The predicted octanol–water partition coefficient (Wildman–Crippen LogP) is 7.53. The molecule has 0 saturated heterocycles. The fraction of sp³-hybridized carbons (Fsp3) is 0.556. The highest BCUT2D eigenvalue weighted by molar-refractivity contribution is 5.38. The number of rotatable bonds is 8. The van der Waals surface area contributed by atoms with Crippen LogP contribution in [0.4, 0.5) is 0 Å². The molecule has 0 nitrogen and oxygen atoms in total. The molecule has 0 fully saturated rings. The van der Waals surface area contributed by atoms with Gasteiger partial charge < -0.3 is 0 Å². The lowest BCUT2D eigenvalue weighted by atomic mass is 9.76. The van der Waals surface area contributed by atoms with Crippen molar-refractivity contribution >= 4 is 0 Å². The van der Waals surface area contributed by atoms with E-state index in [1.807, 2.05) is 0 Å². The van der Waals surface area contributed by atoms with E-state index in [9.17, 15) is 0 Å². The minimum Gasteiger partial charge on any atom is -0.0622 e. The Hall–Kier alpha value is -1.56. The molecule has 3 rings (SSSR count). The van der Waals surface area contributed by atoms with E-state index in [4.69, 9.17) is 0 Å². The number of hydrogen-bond acceptors (Lipinski definition) is 0. The zero-order valence-corrected chi connectivity index (χ0v) is 18.1. The first-order chi connectivity index (χ1) is 12.8. The molecular weight excluding hydrogens is 324 g/mol. The normalized spacial score (nSPS) is 14.7. The molecule has 146 valence electrons. The summed E-state index contributed by atoms with van der Waals surface area (Å²) in [5.41, 5.74) is 8.10. The van der Waals surface area contributed by atoms with Crippen LogP contribution in [0.25, 0.3) is 0 Å². The van der Waals surface area contributed by atoms with Gasteiger partial charge in [-0.2, -0.15) is 0 Å². The van der Waals surface area contributed by atoms with Crippen LogP contribution in [0.15, 0.2) is 42.5 Å². The summed E-state index contributed by atoms with van der Waals surface area (Å²) in [7, 11) is 0. The molecule has 0 radical (unpaired) electrons. The van der Waals surface area contributed by atoms with E-state index in [0.717, 1.165) is 0 Å². The molecule has 1 unspecified atom stereocenters. The Kier molecular flexibility index (Phi) is 6.45. The molecule has 2 aromatic rings. The van der Waals surface area contributed by atoms with Crippen LogP contribution in [0.2, 0.25) is 0 Å². The van der Waals surface area contributed by atoms with Gasteiger partial charge in [-0.3, -0.25) is 0 Å². The van der Waals surface area contributed by atoms with Crippen molar-refractivity contribution in [1.82, 2.24) is 0 Å². The fourth-order valence-electron chi connectivity index (χ4n) is 4.39. The molecule has 2 aromatic carbocycles. The van der Waals surface area contributed by atoms with Gasteiger partial charge in [0.1, 0.15) is 0 Å². The summed E-state index contributed by atoms with van der Waals surface area (Å²) >= 11 is 0. The van der Waals surface area contributed by atoms with E-state index in [1.165, 1.54) is 61.6 Å². The van der Waals surface area contributed by atoms with Crippen molar-refractivity contribution in [2.24, 2.45) is 11.3 Å². The largest absolute Gasteiger partial charge is 0.0622 e. The van der Waals surface area contributed by atoms with Gasteiger partial charge in [-0.25, -0.2) is 0 Å². The van der Waals surface area contributed by atoms with E-state index >= 15 is 0 Å². The van der Waals surface area contributed by atoms with Gasteiger partial charge in [-0.1, -0.05) is 77.1 Å². The average molecular weight is 363 g/mol. The zero-order valence-electron chi connectivity index (χ0n) is 18.1. The van der Waals surface area contributed by atoms with Crippen LogP contribution >= 0.6 is 0 Å². The number of aryl methyl sites for hydroxylation is 4. The van der Waals surface area contributed by atoms with Crippen LogP contribution in [0.3, 0.4) is 0 Å². The fourth-order valence-corrected chi connectivity index (χ4v) is 4.39. The summed E-state index contributed by atoms with van der Waals surface area (Å²) in [6, 6.07) is 16.7. The maximum atomic E-state index is 2.44. The second kappa shape index (κ2) is 8.63. The van der Waals surface area contributed by atoms with Crippen molar-refractivity contribution in [3.05, 3.63) is 70.3 Å². The Balaban J connectivity index is 1.48. The maximum Gasteiger partial charge on any atom is -0.0134 e. The smallest absolute Gasteiger partial charge is 0.0134 e. The van der Waals surface area contributed by atoms with E-state index in [0.29, 0.717) is 17.3 Å². The summed E-state index contributed by atoms with van der Waals surface area (Å²) in [6.45, 7) is 11.8. The average Bonchev–Trinajstić information content (AvgIpc) is 2.58. The Morgan fingerprint density at radius 3 is 1.89 bits per heavy atom. The van der Waals surface area contributed by atoms with E-state index in [1.54, 1.807) is 11.1 Å². The molecule has 0 aromatic heterocycles. The zero-order chi connectivity index (χ0) is 19.4. The highest BCUT2D eigenvalue weighted by atomic mass is 14.3. The summed E-state index contributed by atoms with van der Waals surface area (Å²) in [6.07, 6.45) is 8.85. The third kappa shape index (κ3) is 5.71. The van der Waals surface area contributed by atoms with Gasteiger partial charge in [0.2, 0.25) is 0 Å². The summed E-state index contributed by atoms with van der Waals surface area (Å²) < 4.78 is 0. The highest BCUT2D eigenvalue weighted by Crippen LogP contribution is 2.36. The van der Waals surface area contributed by atoms with Crippen LogP contribution in [-0.2, 0) is 25.7 Å². The molecule has 1 aliphatic carbocycles. The lowest BCUT2D eigenvalue weighted by Crippen LogP contribution is -2.16. The molecule has 0 saturated carbocycles. The topological polar surface area (TPSA) is 0 Å². The molecule has 1 aliphatic rings. The van der Waals surface area contributed by atoms with Crippen molar-refractivity contribution in [2.75, 3.05) is 0 Å². The molecular formula is C27H38. The SMILES string of the molecule is CC(C)C(CC(C)(C)C)c1ccc(CCCCc2ccc3c(c2)CC3)cc1. The third-order valence-corrected chi connectivity index (χ3v) is 6.16. The van der Waals surface area contributed by atoms with Crippen LogP contribution in [0.5, 0.6) is 0 Å². The van der Waals surface area contributed by atoms with Crippen LogP contribution in [-0.4, -0.2) is 0 Å².